The Kier molecular flexibility index (Phi) is 5.50. The summed E-state index contributed by atoms with van der Waals surface area (Å²) >= 11 is 0. The fraction of sp³-hybridized carbons (Fsp3) is 0.400. The van der Waals surface area contributed by atoms with E-state index in [2.05, 4.69) is 0 Å². The van der Waals surface area contributed by atoms with Gasteiger partial charge in [0.2, 0.25) is 0 Å². The van der Waals surface area contributed by atoms with Crippen LogP contribution in [-0.4, -0.2) is 13.2 Å². The van der Waals surface area contributed by atoms with Crippen LogP contribution in [-0.2, 0) is 6.42 Å². The Labute approximate surface area is 89.7 Å². The molecule has 0 bridgehead atoms. The van der Waals surface area contributed by atoms with Gasteiger partial charge in [-0.25, -0.2) is 4.39 Å². The first kappa shape index (κ1) is 13.2. The molecule has 1 rings (SSSR count). The summed E-state index contributed by atoms with van der Waals surface area (Å²) in [4.78, 5) is 0. The van der Waals surface area contributed by atoms with Crippen LogP contribution in [0.1, 0.15) is 12.5 Å². The molecule has 4 heteroatoms. The van der Waals surface area contributed by atoms with E-state index in [1.165, 1.54) is 6.07 Å². The Balaban J connectivity index is 0.00000169. The van der Waals surface area contributed by atoms with Gasteiger partial charge in [0.15, 0.2) is 0 Å². The molecule has 2 N–H and O–H groups in total. The molecule has 0 fully saturated rings. The minimum Gasteiger partial charge on any atom is -0.497 e. The van der Waals surface area contributed by atoms with E-state index in [4.69, 9.17) is 10.5 Å². The van der Waals surface area contributed by atoms with E-state index in [9.17, 15) is 4.39 Å². The van der Waals surface area contributed by atoms with Crippen molar-refractivity contribution in [3.05, 3.63) is 29.6 Å². The zero-order valence-corrected chi connectivity index (χ0v) is 9.10. The van der Waals surface area contributed by atoms with Crippen LogP contribution in [0.4, 0.5) is 4.39 Å². The summed E-state index contributed by atoms with van der Waals surface area (Å²) < 4.78 is 18.1. The highest BCUT2D eigenvalue weighted by atomic mass is 35.5. The number of ether oxygens (including phenoxy) is 1. The van der Waals surface area contributed by atoms with Gasteiger partial charge < -0.3 is 10.5 Å². The van der Waals surface area contributed by atoms with Crippen molar-refractivity contribution in [1.82, 2.24) is 0 Å². The summed E-state index contributed by atoms with van der Waals surface area (Å²) in [7, 11) is 1.56. The number of halogens is 2. The summed E-state index contributed by atoms with van der Waals surface area (Å²) in [6.07, 6.45) is 0.531. The first-order valence-electron chi connectivity index (χ1n) is 4.21. The van der Waals surface area contributed by atoms with E-state index >= 15 is 0 Å². The van der Waals surface area contributed by atoms with Gasteiger partial charge >= 0.3 is 0 Å². The molecule has 0 saturated carbocycles. The molecule has 0 spiro atoms. The Hall–Kier alpha value is -0.800. The van der Waals surface area contributed by atoms with Gasteiger partial charge in [-0.15, -0.1) is 12.4 Å². The van der Waals surface area contributed by atoms with Gasteiger partial charge in [0, 0.05) is 6.04 Å². The van der Waals surface area contributed by atoms with Crippen molar-refractivity contribution in [2.24, 2.45) is 5.73 Å². The molecule has 1 aromatic carbocycles. The first-order valence-corrected chi connectivity index (χ1v) is 4.21. The topological polar surface area (TPSA) is 35.2 Å². The molecule has 14 heavy (non-hydrogen) atoms. The second kappa shape index (κ2) is 5.83. The van der Waals surface area contributed by atoms with E-state index in [0.717, 1.165) is 0 Å². The van der Waals surface area contributed by atoms with Crippen LogP contribution in [0.5, 0.6) is 5.75 Å². The molecule has 1 unspecified atom stereocenters. The fourth-order valence-electron chi connectivity index (χ4n) is 1.18. The van der Waals surface area contributed by atoms with Crippen molar-refractivity contribution in [2.45, 2.75) is 19.4 Å². The summed E-state index contributed by atoms with van der Waals surface area (Å²) in [5.74, 6) is 0.440. The first-order chi connectivity index (χ1) is 6.13. The minimum absolute atomic E-state index is 0. The van der Waals surface area contributed by atoms with Crippen molar-refractivity contribution in [3.8, 4) is 5.75 Å². The second-order valence-electron chi connectivity index (χ2n) is 3.14. The molecule has 1 aromatic rings. The van der Waals surface area contributed by atoms with Gasteiger partial charge in [0.1, 0.15) is 11.6 Å². The van der Waals surface area contributed by atoms with Gasteiger partial charge in [-0.1, -0.05) is 0 Å². The predicted molar refractivity (Wildman–Crippen MR) is 57.6 cm³/mol. The number of rotatable bonds is 3. The largest absolute Gasteiger partial charge is 0.497 e. The average molecular weight is 220 g/mol. The van der Waals surface area contributed by atoms with E-state index in [-0.39, 0.29) is 24.3 Å². The fourth-order valence-corrected chi connectivity index (χ4v) is 1.18. The molecular weight excluding hydrogens is 205 g/mol. The van der Waals surface area contributed by atoms with Crippen LogP contribution in [0.2, 0.25) is 0 Å². The quantitative estimate of drug-likeness (QED) is 0.846. The Morgan fingerprint density at radius 1 is 1.50 bits per heavy atom. The lowest BCUT2D eigenvalue weighted by Gasteiger charge is -2.08. The molecule has 2 nitrogen and oxygen atoms in total. The highest BCUT2D eigenvalue weighted by Crippen LogP contribution is 2.17. The summed E-state index contributed by atoms with van der Waals surface area (Å²) in [6.45, 7) is 1.85. The molecule has 0 aliphatic rings. The maximum Gasteiger partial charge on any atom is 0.126 e. The van der Waals surface area contributed by atoms with Crippen LogP contribution in [0.3, 0.4) is 0 Å². The molecular formula is C10H15ClFNO. The van der Waals surface area contributed by atoms with Crippen molar-refractivity contribution in [2.75, 3.05) is 7.11 Å². The van der Waals surface area contributed by atoms with Crippen molar-refractivity contribution in [3.63, 3.8) is 0 Å². The smallest absolute Gasteiger partial charge is 0.126 e. The average Bonchev–Trinajstić information content (AvgIpc) is 2.08. The number of benzene rings is 1. The van der Waals surface area contributed by atoms with E-state index in [0.29, 0.717) is 17.7 Å². The monoisotopic (exact) mass is 219 g/mol. The van der Waals surface area contributed by atoms with Crippen LogP contribution < -0.4 is 10.5 Å². The molecule has 0 heterocycles. The minimum atomic E-state index is -0.224. The molecule has 0 aromatic heterocycles. The van der Waals surface area contributed by atoms with Crippen molar-refractivity contribution < 1.29 is 9.13 Å². The van der Waals surface area contributed by atoms with Gasteiger partial charge in [0.25, 0.3) is 0 Å². The SMILES string of the molecule is COc1ccc(F)c(CC(C)N)c1.Cl. The predicted octanol–water partition coefficient (Wildman–Crippen LogP) is 2.15. The molecule has 0 saturated heterocycles. The van der Waals surface area contributed by atoms with E-state index < -0.39 is 0 Å². The van der Waals surface area contributed by atoms with E-state index in [1.54, 1.807) is 19.2 Å². The lowest BCUT2D eigenvalue weighted by molar-refractivity contribution is 0.412. The Bertz CT molecular complexity index is 291. The lowest BCUT2D eigenvalue weighted by atomic mass is 10.1. The zero-order valence-electron chi connectivity index (χ0n) is 8.29. The summed E-state index contributed by atoms with van der Waals surface area (Å²) in [6, 6.07) is 4.64. The van der Waals surface area contributed by atoms with Crippen molar-refractivity contribution in [1.29, 1.82) is 0 Å². The lowest BCUT2D eigenvalue weighted by Crippen LogP contribution is -2.18. The number of hydrogen-bond donors (Lipinski definition) is 1. The number of hydrogen-bond acceptors (Lipinski definition) is 2. The zero-order chi connectivity index (χ0) is 9.84. The third-order valence-corrected chi connectivity index (χ3v) is 1.79. The van der Waals surface area contributed by atoms with Gasteiger partial charge in [-0.3, -0.25) is 0 Å². The van der Waals surface area contributed by atoms with Gasteiger partial charge in [-0.2, -0.15) is 0 Å². The Morgan fingerprint density at radius 3 is 2.64 bits per heavy atom. The maximum absolute atomic E-state index is 13.2. The van der Waals surface area contributed by atoms with Crippen LogP contribution >= 0.6 is 12.4 Å². The molecule has 0 amide bonds. The second-order valence-corrected chi connectivity index (χ2v) is 3.14. The number of methoxy groups -OCH3 is 1. The normalized spacial score (nSPS) is 11.7. The standard InChI is InChI=1S/C10H14FNO.ClH/c1-7(12)5-8-6-9(13-2)3-4-10(8)11;/h3-4,6-7H,5,12H2,1-2H3;1H. The van der Waals surface area contributed by atoms with Crippen LogP contribution in [0.15, 0.2) is 18.2 Å². The highest BCUT2D eigenvalue weighted by molar-refractivity contribution is 5.85. The summed E-state index contributed by atoms with van der Waals surface area (Å²) in [5, 5.41) is 0. The molecule has 0 aliphatic heterocycles. The van der Waals surface area contributed by atoms with Gasteiger partial charge in [0.05, 0.1) is 7.11 Å². The number of nitrogens with two attached hydrogens (primary N) is 1. The molecule has 80 valence electrons. The Morgan fingerprint density at radius 2 is 2.14 bits per heavy atom. The molecule has 0 aliphatic carbocycles. The van der Waals surface area contributed by atoms with Crippen molar-refractivity contribution >= 4 is 12.4 Å². The van der Waals surface area contributed by atoms with Crippen LogP contribution in [0, 0.1) is 5.82 Å². The third kappa shape index (κ3) is 3.52. The third-order valence-electron chi connectivity index (χ3n) is 1.79. The van der Waals surface area contributed by atoms with Gasteiger partial charge in [-0.05, 0) is 37.1 Å². The molecule has 1 atom stereocenters. The maximum atomic E-state index is 13.2. The summed E-state index contributed by atoms with van der Waals surface area (Å²) in [5.41, 5.74) is 6.18. The highest BCUT2D eigenvalue weighted by Gasteiger charge is 2.05. The van der Waals surface area contributed by atoms with E-state index in [1.807, 2.05) is 6.92 Å². The molecule has 0 radical (unpaired) electrons. The van der Waals surface area contributed by atoms with Crippen LogP contribution in [0.25, 0.3) is 0 Å².